The third-order valence-corrected chi connectivity index (χ3v) is 4.50. The van der Waals surface area contributed by atoms with Crippen LogP contribution in [0.5, 0.6) is 0 Å². The summed E-state index contributed by atoms with van der Waals surface area (Å²) in [6.45, 7) is 0. The second kappa shape index (κ2) is 5.45. The molecule has 1 N–H and O–H groups in total. The quantitative estimate of drug-likeness (QED) is 0.568. The molecule has 4 rings (SSSR count). The number of benzene rings is 3. The van der Waals surface area contributed by atoms with Gasteiger partial charge < -0.3 is 5.32 Å². The van der Waals surface area contributed by atoms with Crippen LogP contribution in [0.25, 0.3) is 10.8 Å². The average Bonchev–Trinajstić information content (AvgIpc) is 2.61. The maximum atomic E-state index is 12.2. The van der Waals surface area contributed by atoms with Gasteiger partial charge in [0.15, 0.2) is 0 Å². The van der Waals surface area contributed by atoms with Crippen LogP contribution >= 0.6 is 0 Å². The van der Waals surface area contributed by atoms with E-state index in [0.29, 0.717) is 6.42 Å². The van der Waals surface area contributed by atoms with Gasteiger partial charge in [-0.25, -0.2) is 0 Å². The zero-order valence-electron chi connectivity index (χ0n) is 12.7. The molecule has 24 heavy (non-hydrogen) atoms. The minimum Gasteiger partial charge on any atom is -0.325 e. The molecular formula is C19H14N2O3. The SMILES string of the molecule is O=C1CC(c2ccc([N+](=O)[O-])cc2)c2ccc3ccccc3c2N1. The van der Waals surface area contributed by atoms with E-state index in [0.717, 1.165) is 27.6 Å². The van der Waals surface area contributed by atoms with Crippen molar-refractivity contribution in [3.05, 3.63) is 81.9 Å². The zero-order valence-corrected chi connectivity index (χ0v) is 12.7. The normalized spacial score (nSPS) is 16.5. The summed E-state index contributed by atoms with van der Waals surface area (Å²) in [5.41, 5.74) is 2.85. The monoisotopic (exact) mass is 318 g/mol. The van der Waals surface area contributed by atoms with Crippen molar-refractivity contribution in [2.75, 3.05) is 5.32 Å². The number of non-ortho nitro benzene ring substituents is 1. The predicted octanol–water partition coefficient (Wildman–Crippen LogP) is 4.22. The predicted molar refractivity (Wildman–Crippen MR) is 92.1 cm³/mol. The van der Waals surface area contributed by atoms with Crippen LogP contribution in [0.1, 0.15) is 23.5 Å². The second-order valence-electron chi connectivity index (χ2n) is 5.90. The summed E-state index contributed by atoms with van der Waals surface area (Å²) in [5.74, 6) is -0.138. The molecule has 0 aromatic heterocycles. The van der Waals surface area contributed by atoms with Crippen molar-refractivity contribution in [2.45, 2.75) is 12.3 Å². The summed E-state index contributed by atoms with van der Waals surface area (Å²) in [7, 11) is 0. The molecule has 0 fully saturated rings. The first-order valence-electron chi connectivity index (χ1n) is 7.69. The largest absolute Gasteiger partial charge is 0.325 e. The van der Waals surface area contributed by atoms with Crippen molar-refractivity contribution in [1.29, 1.82) is 0 Å². The summed E-state index contributed by atoms with van der Waals surface area (Å²) in [5, 5.41) is 15.9. The number of nitro benzene ring substituents is 1. The van der Waals surface area contributed by atoms with Crippen LogP contribution in [0.3, 0.4) is 0 Å². The highest BCUT2D eigenvalue weighted by atomic mass is 16.6. The number of hydrogen-bond donors (Lipinski definition) is 1. The fraction of sp³-hybridized carbons (Fsp3) is 0.105. The molecule has 3 aromatic rings. The number of amides is 1. The Bertz CT molecular complexity index is 964. The Balaban J connectivity index is 1.85. The van der Waals surface area contributed by atoms with Gasteiger partial charge in [0.05, 0.1) is 10.6 Å². The number of nitro groups is 1. The Morgan fingerprint density at radius 3 is 2.50 bits per heavy atom. The number of carbonyl (C=O) groups is 1. The third-order valence-electron chi connectivity index (χ3n) is 4.50. The van der Waals surface area contributed by atoms with Gasteiger partial charge in [-0.15, -0.1) is 0 Å². The van der Waals surface area contributed by atoms with Crippen LogP contribution < -0.4 is 5.32 Å². The summed E-state index contributed by atoms with van der Waals surface area (Å²) >= 11 is 0. The van der Waals surface area contributed by atoms with Gasteiger partial charge in [-0.3, -0.25) is 14.9 Å². The lowest BCUT2D eigenvalue weighted by molar-refractivity contribution is -0.384. The van der Waals surface area contributed by atoms with Gasteiger partial charge in [0.25, 0.3) is 5.69 Å². The number of anilines is 1. The van der Waals surface area contributed by atoms with Gasteiger partial charge in [0, 0.05) is 29.9 Å². The maximum absolute atomic E-state index is 12.2. The van der Waals surface area contributed by atoms with Crippen molar-refractivity contribution in [3.63, 3.8) is 0 Å². The van der Waals surface area contributed by atoms with Crippen molar-refractivity contribution >= 4 is 28.1 Å². The lowest BCUT2D eigenvalue weighted by Crippen LogP contribution is -2.23. The molecule has 5 nitrogen and oxygen atoms in total. The molecule has 0 radical (unpaired) electrons. The Kier molecular flexibility index (Phi) is 3.27. The van der Waals surface area contributed by atoms with Crippen molar-refractivity contribution < 1.29 is 9.72 Å². The van der Waals surface area contributed by atoms with Crippen LogP contribution in [0.4, 0.5) is 11.4 Å². The van der Waals surface area contributed by atoms with E-state index in [2.05, 4.69) is 5.32 Å². The molecule has 0 saturated carbocycles. The Labute approximate surface area is 138 Å². The highest BCUT2D eigenvalue weighted by Gasteiger charge is 2.27. The standard InChI is InChI=1S/C19H14N2O3/c22-18-11-17(13-5-8-14(9-6-13)21(23)24)16-10-7-12-3-1-2-4-15(12)19(16)20-18/h1-10,17H,11H2,(H,20,22). The van der Waals surface area contributed by atoms with Crippen LogP contribution in [-0.4, -0.2) is 10.8 Å². The summed E-state index contributed by atoms with van der Waals surface area (Å²) in [6.07, 6.45) is 0.336. The van der Waals surface area contributed by atoms with E-state index in [1.54, 1.807) is 12.1 Å². The van der Waals surface area contributed by atoms with E-state index >= 15 is 0 Å². The van der Waals surface area contributed by atoms with Crippen molar-refractivity contribution in [3.8, 4) is 0 Å². The molecule has 0 aliphatic carbocycles. The molecule has 3 aromatic carbocycles. The number of fused-ring (bicyclic) bond motifs is 3. The summed E-state index contributed by atoms with van der Waals surface area (Å²) in [6, 6.07) is 18.4. The number of nitrogens with one attached hydrogen (secondary N) is 1. The summed E-state index contributed by atoms with van der Waals surface area (Å²) < 4.78 is 0. The first-order valence-corrected chi connectivity index (χ1v) is 7.69. The minimum atomic E-state index is -0.418. The van der Waals surface area contributed by atoms with Crippen molar-refractivity contribution in [1.82, 2.24) is 0 Å². The molecule has 0 spiro atoms. The Hall–Kier alpha value is -3.21. The van der Waals surface area contributed by atoms with Crippen molar-refractivity contribution in [2.24, 2.45) is 0 Å². The lowest BCUT2D eigenvalue weighted by atomic mass is 9.83. The van der Waals surface area contributed by atoms with Crippen LogP contribution in [-0.2, 0) is 4.79 Å². The molecule has 5 heteroatoms. The van der Waals surface area contributed by atoms with Gasteiger partial charge >= 0.3 is 0 Å². The van der Waals surface area contributed by atoms with E-state index < -0.39 is 4.92 Å². The van der Waals surface area contributed by atoms with Crippen LogP contribution in [0.2, 0.25) is 0 Å². The minimum absolute atomic E-state index is 0.0396. The Morgan fingerprint density at radius 1 is 1.00 bits per heavy atom. The number of hydrogen-bond acceptors (Lipinski definition) is 3. The first-order chi connectivity index (χ1) is 11.6. The van der Waals surface area contributed by atoms with Crippen LogP contribution in [0, 0.1) is 10.1 Å². The molecule has 0 saturated heterocycles. The van der Waals surface area contributed by atoms with E-state index in [9.17, 15) is 14.9 Å². The van der Waals surface area contributed by atoms with E-state index in [-0.39, 0.29) is 17.5 Å². The zero-order chi connectivity index (χ0) is 16.7. The number of rotatable bonds is 2. The first kappa shape index (κ1) is 14.4. The summed E-state index contributed by atoms with van der Waals surface area (Å²) in [4.78, 5) is 22.6. The maximum Gasteiger partial charge on any atom is 0.269 e. The molecule has 1 aliphatic heterocycles. The van der Waals surface area contributed by atoms with Gasteiger partial charge in [0.2, 0.25) is 5.91 Å². The van der Waals surface area contributed by atoms with E-state index in [4.69, 9.17) is 0 Å². The fourth-order valence-electron chi connectivity index (χ4n) is 3.33. The average molecular weight is 318 g/mol. The fourth-order valence-corrected chi connectivity index (χ4v) is 3.33. The highest BCUT2D eigenvalue weighted by molar-refractivity contribution is 6.06. The molecule has 1 unspecified atom stereocenters. The van der Waals surface area contributed by atoms with Gasteiger partial charge in [-0.05, 0) is 16.5 Å². The molecule has 1 amide bonds. The molecule has 1 heterocycles. The molecular weight excluding hydrogens is 304 g/mol. The van der Waals surface area contributed by atoms with Gasteiger partial charge in [0.1, 0.15) is 0 Å². The van der Waals surface area contributed by atoms with E-state index in [1.165, 1.54) is 12.1 Å². The third kappa shape index (κ3) is 2.31. The highest BCUT2D eigenvalue weighted by Crippen LogP contribution is 2.41. The van der Waals surface area contributed by atoms with Gasteiger partial charge in [-0.2, -0.15) is 0 Å². The number of nitrogens with zero attached hydrogens (tertiary/aromatic N) is 1. The number of carbonyl (C=O) groups excluding carboxylic acids is 1. The Morgan fingerprint density at radius 2 is 1.75 bits per heavy atom. The lowest BCUT2D eigenvalue weighted by Gasteiger charge is -2.27. The van der Waals surface area contributed by atoms with Gasteiger partial charge in [-0.1, -0.05) is 48.5 Å². The molecule has 1 aliphatic rings. The van der Waals surface area contributed by atoms with Crippen LogP contribution in [0.15, 0.2) is 60.7 Å². The second-order valence-corrected chi connectivity index (χ2v) is 5.90. The molecule has 0 bridgehead atoms. The smallest absolute Gasteiger partial charge is 0.269 e. The van der Waals surface area contributed by atoms with E-state index in [1.807, 2.05) is 36.4 Å². The molecule has 1 atom stereocenters. The topological polar surface area (TPSA) is 72.2 Å². The molecule has 118 valence electrons.